The van der Waals surface area contributed by atoms with Crippen molar-refractivity contribution >= 4 is 29.5 Å². The van der Waals surface area contributed by atoms with E-state index in [9.17, 15) is 14.4 Å². The lowest BCUT2D eigenvalue weighted by Gasteiger charge is -2.12. The molecule has 0 heterocycles. The van der Waals surface area contributed by atoms with Gasteiger partial charge in [0.05, 0.1) is 0 Å². The van der Waals surface area contributed by atoms with E-state index < -0.39 is 24.4 Å². The molecular weight excluding hydrogens is 344 g/mol. The summed E-state index contributed by atoms with van der Waals surface area (Å²) in [7, 11) is 0. The Kier molecular flexibility index (Phi) is 6.88. The highest BCUT2D eigenvalue weighted by atomic mass is 16.5. The van der Waals surface area contributed by atoms with Crippen LogP contribution in [-0.2, 0) is 19.1 Å². The van der Waals surface area contributed by atoms with E-state index in [0.29, 0.717) is 5.69 Å². The molecule has 2 N–H and O–H groups in total. The van der Waals surface area contributed by atoms with Crippen molar-refractivity contribution in [3.63, 3.8) is 0 Å². The average Bonchev–Trinajstić information content (AvgIpc) is 2.63. The summed E-state index contributed by atoms with van der Waals surface area (Å²) in [6, 6.07) is 14.6. The topological polar surface area (TPSA) is 84.5 Å². The molecule has 2 aromatic carbocycles. The lowest BCUT2D eigenvalue weighted by molar-refractivity contribution is -0.144. The number of hydrogen-bond donors (Lipinski definition) is 2. The second-order valence-electron chi connectivity index (χ2n) is 6.02. The standard InChI is InChI=1S/C21H22N2O4/c1-14-8-7-11-18(15(14)2)23-20(25)13-27-21(26)19(22-16(3)24)12-17-9-5-4-6-10-17/h4-12H,13H2,1-3H3,(H,22,24)(H,23,25)/b19-12-. The van der Waals surface area contributed by atoms with E-state index in [-0.39, 0.29) is 5.70 Å². The number of aryl methyl sites for hydroxylation is 1. The molecule has 0 atom stereocenters. The molecule has 2 rings (SSSR count). The fraction of sp³-hybridized carbons (Fsp3) is 0.190. The van der Waals surface area contributed by atoms with Crippen molar-refractivity contribution in [2.45, 2.75) is 20.8 Å². The highest BCUT2D eigenvalue weighted by Gasteiger charge is 2.15. The number of hydrogen-bond acceptors (Lipinski definition) is 4. The van der Waals surface area contributed by atoms with Gasteiger partial charge in [0.2, 0.25) is 5.91 Å². The third kappa shape index (κ3) is 6.11. The molecule has 0 fully saturated rings. The predicted molar refractivity (Wildman–Crippen MR) is 104 cm³/mol. The first kappa shape index (κ1) is 19.9. The van der Waals surface area contributed by atoms with Gasteiger partial charge in [-0.05, 0) is 42.7 Å². The first-order chi connectivity index (χ1) is 12.9. The van der Waals surface area contributed by atoms with Gasteiger partial charge in [-0.15, -0.1) is 0 Å². The maximum Gasteiger partial charge on any atom is 0.355 e. The minimum atomic E-state index is -0.787. The summed E-state index contributed by atoms with van der Waals surface area (Å²) in [5.74, 6) is -1.65. The van der Waals surface area contributed by atoms with E-state index in [2.05, 4.69) is 10.6 Å². The Morgan fingerprint density at radius 1 is 1.00 bits per heavy atom. The van der Waals surface area contributed by atoms with Crippen molar-refractivity contribution in [3.8, 4) is 0 Å². The number of carbonyl (C=O) groups excluding carboxylic acids is 3. The van der Waals surface area contributed by atoms with Crippen LogP contribution < -0.4 is 10.6 Å². The summed E-state index contributed by atoms with van der Waals surface area (Å²) in [5.41, 5.74) is 3.34. The molecule has 27 heavy (non-hydrogen) atoms. The number of nitrogens with one attached hydrogen (secondary N) is 2. The second kappa shape index (κ2) is 9.33. The Morgan fingerprint density at radius 2 is 1.70 bits per heavy atom. The van der Waals surface area contributed by atoms with Crippen LogP contribution in [0.4, 0.5) is 5.69 Å². The molecule has 0 unspecified atom stereocenters. The van der Waals surface area contributed by atoms with Gasteiger partial charge < -0.3 is 15.4 Å². The molecule has 0 aliphatic rings. The van der Waals surface area contributed by atoms with Crippen molar-refractivity contribution in [1.82, 2.24) is 5.32 Å². The van der Waals surface area contributed by atoms with Crippen LogP contribution in [0.5, 0.6) is 0 Å². The smallest absolute Gasteiger partial charge is 0.355 e. The first-order valence-electron chi connectivity index (χ1n) is 8.44. The molecule has 0 saturated heterocycles. The molecule has 0 bridgehead atoms. The lowest BCUT2D eigenvalue weighted by atomic mass is 10.1. The average molecular weight is 366 g/mol. The summed E-state index contributed by atoms with van der Waals surface area (Å²) < 4.78 is 5.05. The van der Waals surface area contributed by atoms with Crippen LogP contribution in [0.25, 0.3) is 6.08 Å². The summed E-state index contributed by atoms with van der Waals surface area (Å²) in [6.07, 6.45) is 1.49. The van der Waals surface area contributed by atoms with Crippen LogP contribution in [0.2, 0.25) is 0 Å². The highest BCUT2D eigenvalue weighted by Crippen LogP contribution is 2.17. The maximum absolute atomic E-state index is 12.3. The van der Waals surface area contributed by atoms with Crippen LogP contribution in [-0.4, -0.2) is 24.4 Å². The van der Waals surface area contributed by atoms with E-state index in [4.69, 9.17) is 4.74 Å². The summed E-state index contributed by atoms with van der Waals surface area (Å²) in [5, 5.41) is 5.15. The number of benzene rings is 2. The van der Waals surface area contributed by atoms with Gasteiger partial charge in [0, 0.05) is 12.6 Å². The third-order valence-corrected chi connectivity index (χ3v) is 3.85. The lowest BCUT2D eigenvalue weighted by Crippen LogP contribution is -2.29. The SMILES string of the molecule is CC(=O)N/C(=C\c1ccccc1)C(=O)OCC(=O)Nc1cccc(C)c1C. The van der Waals surface area contributed by atoms with E-state index in [1.165, 1.54) is 13.0 Å². The van der Waals surface area contributed by atoms with Crippen LogP contribution in [0.15, 0.2) is 54.2 Å². The van der Waals surface area contributed by atoms with E-state index in [1.54, 1.807) is 30.3 Å². The minimum Gasteiger partial charge on any atom is -0.451 e. The largest absolute Gasteiger partial charge is 0.451 e. The van der Waals surface area contributed by atoms with Crippen LogP contribution in [0.3, 0.4) is 0 Å². The molecule has 0 aliphatic carbocycles. The van der Waals surface area contributed by atoms with E-state index in [0.717, 1.165) is 16.7 Å². The van der Waals surface area contributed by atoms with E-state index in [1.807, 2.05) is 32.0 Å². The first-order valence-corrected chi connectivity index (χ1v) is 8.44. The van der Waals surface area contributed by atoms with Crippen LogP contribution in [0.1, 0.15) is 23.6 Å². The zero-order valence-electron chi connectivity index (χ0n) is 15.5. The Labute approximate surface area is 158 Å². The van der Waals surface area contributed by atoms with Gasteiger partial charge in [0.15, 0.2) is 6.61 Å². The van der Waals surface area contributed by atoms with Crippen molar-refractivity contribution in [2.75, 3.05) is 11.9 Å². The summed E-state index contributed by atoms with van der Waals surface area (Å²) >= 11 is 0. The van der Waals surface area contributed by atoms with Gasteiger partial charge >= 0.3 is 5.97 Å². The molecular formula is C21H22N2O4. The van der Waals surface area contributed by atoms with Crippen molar-refractivity contribution < 1.29 is 19.1 Å². The molecule has 140 valence electrons. The Balaban J connectivity index is 2.02. The molecule has 0 aliphatic heterocycles. The normalized spacial score (nSPS) is 10.9. The van der Waals surface area contributed by atoms with Gasteiger partial charge in [0.25, 0.3) is 5.91 Å². The van der Waals surface area contributed by atoms with Crippen molar-refractivity contribution in [1.29, 1.82) is 0 Å². The van der Waals surface area contributed by atoms with Gasteiger partial charge in [-0.3, -0.25) is 9.59 Å². The summed E-state index contributed by atoms with van der Waals surface area (Å²) in [6.45, 7) is 4.67. The fourth-order valence-electron chi connectivity index (χ4n) is 2.33. The monoisotopic (exact) mass is 366 g/mol. The van der Waals surface area contributed by atoms with Crippen LogP contribution >= 0.6 is 0 Å². The zero-order valence-corrected chi connectivity index (χ0v) is 15.5. The number of esters is 1. The number of anilines is 1. The fourth-order valence-corrected chi connectivity index (χ4v) is 2.33. The minimum absolute atomic E-state index is 0.0340. The van der Waals surface area contributed by atoms with Gasteiger partial charge in [0.1, 0.15) is 5.70 Å². The molecule has 6 heteroatoms. The number of rotatable bonds is 6. The quantitative estimate of drug-likeness (QED) is 0.608. The zero-order chi connectivity index (χ0) is 19.8. The number of carbonyl (C=O) groups is 3. The van der Waals surface area contributed by atoms with Crippen molar-refractivity contribution in [3.05, 3.63) is 70.9 Å². The maximum atomic E-state index is 12.3. The van der Waals surface area contributed by atoms with Crippen molar-refractivity contribution in [2.24, 2.45) is 0 Å². The molecule has 6 nitrogen and oxygen atoms in total. The third-order valence-electron chi connectivity index (χ3n) is 3.85. The molecule has 2 aromatic rings. The second-order valence-corrected chi connectivity index (χ2v) is 6.02. The molecule has 0 aromatic heterocycles. The van der Waals surface area contributed by atoms with E-state index >= 15 is 0 Å². The molecule has 0 radical (unpaired) electrons. The van der Waals surface area contributed by atoms with Gasteiger partial charge in [-0.1, -0.05) is 42.5 Å². The van der Waals surface area contributed by atoms with Gasteiger partial charge in [-0.25, -0.2) is 4.79 Å². The summed E-state index contributed by atoms with van der Waals surface area (Å²) in [4.78, 5) is 35.7. The Bertz CT molecular complexity index is 873. The molecule has 0 spiro atoms. The molecule has 2 amide bonds. The number of ether oxygens (including phenoxy) is 1. The highest BCUT2D eigenvalue weighted by molar-refractivity contribution is 5.99. The molecule has 0 saturated carbocycles. The number of amides is 2. The Hall–Kier alpha value is -3.41. The predicted octanol–water partition coefficient (Wildman–Crippen LogP) is 2.96. The Morgan fingerprint density at radius 3 is 2.37 bits per heavy atom. The van der Waals surface area contributed by atoms with Gasteiger partial charge in [-0.2, -0.15) is 0 Å². The van der Waals surface area contributed by atoms with Crippen LogP contribution in [0, 0.1) is 13.8 Å².